The molecule has 1 aliphatic heterocycles. The summed E-state index contributed by atoms with van der Waals surface area (Å²) in [6.45, 7) is 1.14. The first-order chi connectivity index (χ1) is 8.75. The molecule has 0 spiro atoms. The fraction of sp³-hybridized carbons (Fsp3) is 0.333. The van der Waals surface area contributed by atoms with Crippen LogP contribution in [0.4, 0.5) is 0 Å². The molecule has 0 aliphatic carbocycles. The fourth-order valence-corrected chi connectivity index (χ4v) is 2.66. The Labute approximate surface area is 107 Å². The Hall–Kier alpha value is -1.66. The molecule has 18 heavy (non-hydrogen) atoms. The zero-order valence-corrected chi connectivity index (χ0v) is 10.3. The number of carbonyl (C=O) groups is 1. The molecule has 1 aliphatic rings. The first-order valence-electron chi connectivity index (χ1n) is 5.61. The summed E-state index contributed by atoms with van der Waals surface area (Å²) in [5.41, 5.74) is 0.00824. The molecule has 94 valence electrons. The first-order valence-corrected chi connectivity index (χ1v) is 6.49. The second-order valence-corrected chi connectivity index (χ2v) is 5.02. The SMILES string of the molecule is O=C(O)c1nc(-c2cccs2)oc1C1CCOC1. The minimum Gasteiger partial charge on any atom is -0.476 e. The Morgan fingerprint density at radius 2 is 2.44 bits per heavy atom. The Balaban J connectivity index is 2.03. The predicted octanol–water partition coefficient (Wildman–Crippen LogP) is 2.61. The lowest BCUT2D eigenvalue weighted by Gasteiger charge is -2.02. The molecule has 0 radical (unpaired) electrons. The maximum absolute atomic E-state index is 11.2. The Bertz CT molecular complexity index is 555. The molecular weight excluding hydrogens is 254 g/mol. The molecule has 1 atom stereocenters. The molecule has 0 saturated carbocycles. The number of oxazole rings is 1. The van der Waals surface area contributed by atoms with Gasteiger partial charge in [-0.2, -0.15) is 0 Å². The van der Waals surface area contributed by atoms with Gasteiger partial charge in [-0.25, -0.2) is 9.78 Å². The number of hydrogen-bond acceptors (Lipinski definition) is 5. The molecular formula is C12H11NO4S. The van der Waals surface area contributed by atoms with E-state index in [9.17, 15) is 9.90 Å². The third-order valence-electron chi connectivity index (χ3n) is 2.89. The molecule has 5 nitrogen and oxygen atoms in total. The monoisotopic (exact) mass is 265 g/mol. The zero-order valence-electron chi connectivity index (χ0n) is 9.46. The standard InChI is InChI=1S/C12H11NO4S/c14-12(15)9-10(7-3-4-16-6-7)17-11(13-9)8-2-1-5-18-8/h1-2,5,7H,3-4,6H2,(H,14,15). The number of aromatic nitrogens is 1. The molecule has 2 aromatic heterocycles. The van der Waals surface area contributed by atoms with Crippen LogP contribution in [-0.4, -0.2) is 29.3 Å². The zero-order chi connectivity index (χ0) is 12.5. The van der Waals surface area contributed by atoms with Gasteiger partial charge in [-0.3, -0.25) is 0 Å². The van der Waals surface area contributed by atoms with Crippen LogP contribution in [0.25, 0.3) is 10.8 Å². The fourth-order valence-electron chi connectivity index (χ4n) is 2.01. The third kappa shape index (κ3) is 1.93. The molecule has 1 fully saturated rings. The second-order valence-electron chi connectivity index (χ2n) is 4.07. The lowest BCUT2D eigenvalue weighted by atomic mass is 10.0. The molecule has 0 amide bonds. The molecule has 1 N–H and O–H groups in total. The van der Waals surface area contributed by atoms with Crippen molar-refractivity contribution in [2.24, 2.45) is 0 Å². The largest absolute Gasteiger partial charge is 0.476 e. The highest BCUT2D eigenvalue weighted by molar-refractivity contribution is 7.13. The van der Waals surface area contributed by atoms with Gasteiger partial charge in [0.15, 0.2) is 5.69 Å². The van der Waals surface area contributed by atoms with Gasteiger partial charge < -0.3 is 14.3 Å². The van der Waals surface area contributed by atoms with Gasteiger partial charge in [0.1, 0.15) is 5.76 Å². The van der Waals surface area contributed by atoms with E-state index in [2.05, 4.69) is 4.98 Å². The van der Waals surface area contributed by atoms with Crippen LogP contribution in [0.2, 0.25) is 0 Å². The van der Waals surface area contributed by atoms with Crippen LogP contribution < -0.4 is 0 Å². The number of nitrogens with zero attached hydrogens (tertiary/aromatic N) is 1. The van der Waals surface area contributed by atoms with Crippen molar-refractivity contribution in [1.29, 1.82) is 0 Å². The molecule has 0 aromatic carbocycles. The third-order valence-corrected chi connectivity index (χ3v) is 3.75. The quantitative estimate of drug-likeness (QED) is 0.923. The van der Waals surface area contributed by atoms with Crippen LogP contribution in [0.5, 0.6) is 0 Å². The first kappa shape index (κ1) is 11.4. The van der Waals surface area contributed by atoms with Crippen molar-refractivity contribution < 1.29 is 19.1 Å². The van der Waals surface area contributed by atoms with E-state index in [-0.39, 0.29) is 11.6 Å². The van der Waals surface area contributed by atoms with E-state index in [0.29, 0.717) is 24.9 Å². The molecule has 6 heteroatoms. The van der Waals surface area contributed by atoms with E-state index in [0.717, 1.165) is 11.3 Å². The van der Waals surface area contributed by atoms with Gasteiger partial charge in [0, 0.05) is 12.5 Å². The second kappa shape index (κ2) is 4.55. The van der Waals surface area contributed by atoms with Crippen molar-refractivity contribution in [1.82, 2.24) is 4.98 Å². The summed E-state index contributed by atoms with van der Waals surface area (Å²) < 4.78 is 10.9. The highest BCUT2D eigenvalue weighted by Gasteiger charge is 2.29. The molecule has 3 heterocycles. The summed E-state index contributed by atoms with van der Waals surface area (Å²) in [6.07, 6.45) is 0.777. The minimum atomic E-state index is -1.05. The van der Waals surface area contributed by atoms with Crippen LogP contribution in [0, 0.1) is 0 Å². The van der Waals surface area contributed by atoms with Gasteiger partial charge in [-0.05, 0) is 17.9 Å². The summed E-state index contributed by atoms with van der Waals surface area (Å²) >= 11 is 1.47. The number of carboxylic acid groups (broad SMARTS) is 1. The summed E-state index contributed by atoms with van der Waals surface area (Å²) in [6, 6.07) is 3.74. The predicted molar refractivity (Wildman–Crippen MR) is 65.0 cm³/mol. The smallest absolute Gasteiger partial charge is 0.358 e. The van der Waals surface area contributed by atoms with Crippen molar-refractivity contribution >= 4 is 17.3 Å². The van der Waals surface area contributed by atoms with Crippen LogP contribution in [0.1, 0.15) is 28.6 Å². The van der Waals surface area contributed by atoms with Gasteiger partial charge >= 0.3 is 5.97 Å². The average Bonchev–Trinajstić information content (AvgIpc) is 3.10. The Morgan fingerprint density at radius 1 is 1.56 bits per heavy atom. The van der Waals surface area contributed by atoms with Crippen molar-refractivity contribution in [2.75, 3.05) is 13.2 Å². The van der Waals surface area contributed by atoms with Crippen LogP contribution in [-0.2, 0) is 4.74 Å². The van der Waals surface area contributed by atoms with Crippen molar-refractivity contribution in [2.45, 2.75) is 12.3 Å². The highest BCUT2D eigenvalue weighted by Crippen LogP contribution is 2.33. The lowest BCUT2D eigenvalue weighted by molar-refractivity contribution is 0.0688. The topological polar surface area (TPSA) is 72.6 Å². The number of aromatic carboxylic acids is 1. The number of ether oxygens (including phenoxy) is 1. The number of hydrogen-bond donors (Lipinski definition) is 1. The summed E-state index contributed by atoms with van der Waals surface area (Å²) in [5, 5.41) is 11.1. The van der Waals surface area contributed by atoms with Gasteiger partial charge in [-0.15, -0.1) is 11.3 Å². The van der Waals surface area contributed by atoms with E-state index < -0.39 is 5.97 Å². The molecule has 1 saturated heterocycles. The molecule has 2 aromatic rings. The molecule has 0 bridgehead atoms. The van der Waals surface area contributed by atoms with E-state index in [4.69, 9.17) is 9.15 Å². The van der Waals surface area contributed by atoms with Gasteiger partial charge in [-0.1, -0.05) is 6.07 Å². The number of rotatable bonds is 3. The number of carboxylic acids is 1. The molecule has 3 rings (SSSR count). The van der Waals surface area contributed by atoms with Crippen LogP contribution in [0.15, 0.2) is 21.9 Å². The normalized spacial score (nSPS) is 19.2. The van der Waals surface area contributed by atoms with E-state index in [1.807, 2.05) is 17.5 Å². The highest BCUT2D eigenvalue weighted by atomic mass is 32.1. The van der Waals surface area contributed by atoms with E-state index >= 15 is 0 Å². The maximum atomic E-state index is 11.2. The van der Waals surface area contributed by atoms with E-state index in [1.54, 1.807) is 0 Å². The van der Waals surface area contributed by atoms with Crippen molar-refractivity contribution in [3.05, 3.63) is 29.0 Å². The van der Waals surface area contributed by atoms with Crippen LogP contribution >= 0.6 is 11.3 Å². The van der Waals surface area contributed by atoms with Crippen molar-refractivity contribution in [3.8, 4) is 10.8 Å². The maximum Gasteiger partial charge on any atom is 0.358 e. The Kier molecular flexibility index (Phi) is 2.89. The van der Waals surface area contributed by atoms with Gasteiger partial charge in [0.2, 0.25) is 5.89 Å². The summed E-state index contributed by atoms with van der Waals surface area (Å²) in [7, 11) is 0. The van der Waals surface area contributed by atoms with Crippen LogP contribution in [0.3, 0.4) is 0 Å². The Morgan fingerprint density at radius 3 is 3.06 bits per heavy atom. The lowest BCUT2D eigenvalue weighted by Crippen LogP contribution is -2.05. The number of thiophene rings is 1. The van der Waals surface area contributed by atoms with Gasteiger partial charge in [0.05, 0.1) is 11.5 Å². The minimum absolute atomic E-state index is 0.00249. The van der Waals surface area contributed by atoms with E-state index in [1.165, 1.54) is 11.3 Å². The summed E-state index contributed by atoms with van der Waals surface area (Å²) in [4.78, 5) is 16.1. The van der Waals surface area contributed by atoms with Gasteiger partial charge in [0.25, 0.3) is 0 Å². The van der Waals surface area contributed by atoms with Crippen molar-refractivity contribution in [3.63, 3.8) is 0 Å². The average molecular weight is 265 g/mol. The molecule has 1 unspecified atom stereocenters. The summed E-state index contributed by atoms with van der Waals surface area (Å²) in [5.74, 6) is -0.242.